The van der Waals surface area contributed by atoms with Gasteiger partial charge in [0.15, 0.2) is 23.0 Å². The molecule has 0 radical (unpaired) electrons. The van der Waals surface area contributed by atoms with Gasteiger partial charge in [-0.3, -0.25) is 9.80 Å². The maximum absolute atomic E-state index is 13.1. The van der Waals surface area contributed by atoms with Gasteiger partial charge in [-0.25, -0.2) is 9.59 Å². The standard InChI is InChI=1S/C29H40ClN3O5.C28H38ClN3O5.ClH/c1-35-18-21-14-24(32-29(34)31-23-16-26(36-2)28(38-4)27(17-23)37-3)25(15-21)33-11-9-20(10-12-33)13-19-5-7-22(30)8-6-19;1-35-25-15-22(16-26(36-2)27(25)37-3)30-28(34)31-23-13-20(17-33)14-24(23)32-10-8-19(9-11-32)12-18-4-6-21(29)7-5-18;/h5-8,16-17,20-21,24-25H,9-15,18H2,1-4H3,(H2,31,32,34);4-7,15-16,19-20,23-24,33H,8-14,17H2,1-3H3,(H2,30,31,34);1H/t21-,24+,25+;20-,23+,24+;/m00./s1. The van der Waals surface area contributed by atoms with Crippen molar-refractivity contribution >= 4 is 59.0 Å². The second kappa shape index (κ2) is 29.6. The number of piperidine rings is 2. The monoisotopic (exact) mass is 1110 g/mol. The molecule has 0 unspecified atom stereocenters. The topological polar surface area (TPSA) is 174 Å². The first kappa shape index (κ1) is 60.2. The number of benzene rings is 4. The molecule has 4 amide bonds. The number of aliphatic hydroxyl groups excluding tert-OH is 1. The number of methoxy groups -OCH3 is 7. The summed E-state index contributed by atoms with van der Waals surface area (Å²) in [6.07, 6.45) is 10.2. The molecule has 2 saturated heterocycles. The van der Waals surface area contributed by atoms with Crippen molar-refractivity contribution in [3.8, 4) is 34.5 Å². The number of rotatable bonds is 19. The Balaban J connectivity index is 0.000000244. The number of carbonyl (C=O) groups excluding carboxylic acids is 2. The van der Waals surface area contributed by atoms with Crippen LogP contribution in [0.15, 0.2) is 72.8 Å². The van der Waals surface area contributed by atoms with Crippen molar-refractivity contribution in [2.75, 3.05) is 99.8 Å². The van der Waals surface area contributed by atoms with E-state index in [4.69, 9.17) is 56.4 Å². The van der Waals surface area contributed by atoms with Crippen LogP contribution in [-0.4, -0.2) is 140 Å². The highest BCUT2D eigenvalue weighted by atomic mass is 35.5. The Morgan fingerprint density at radius 1 is 0.526 bits per heavy atom. The molecule has 4 aromatic carbocycles. The van der Waals surface area contributed by atoms with Crippen LogP contribution in [0.25, 0.3) is 0 Å². The number of hydrogen-bond donors (Lipinski definition) is 5. The largest absolute Gasteiger partial charge is 0.493 e. The van der Waals surface area contributed by atoms with Crippen LogP contribution < -0.4 is 49.7 Å². The van der Waals surface area contributed by atoms with E-state index in [9.17, 15) is 14.7 Å². The lowest BCUT2D eigenvalue weighted by Crippen LogP contribution is -2.52. The van der Waals surface area contributed by atoms with Gasteiger partial charge in [0, 0.05) is 78.8 Å². The number of amides is 4. The fourth-order valence-electron chi connectivity index (χ4n) is 11.7. The molecule has 6 atom stereocenters. The van der Waals surface area contributed by atoms with Gasteiger partial charge in [-0.2, -0.15) is 0 Å². The molecule has 76 heavy (non-hydrogen) atoms. The third-order valence-corrected chi connectivity index (χ3v) is 16.0. The number of carbonyl (C=O) groups is 2. The van der Waals surface area contributed by atoms with Crippen molar-refractivity contribution < 1.29 is 47.9 Å². The van der Waals surface area contributed by atoms with Crippen LogP contribution in [0, 0.1) is 23.7 Å². The van der Waals surface area contributed by atoms with Gasteiger partial charge in [-0.15, -0.1) is 12.4 Å². The second-order valence-corrected chi connectivity index (χ2v) is 21.2. The van der Waals surface area contributed by atoms with E-state index in [1.54, 1.807) is 59.8 Å². The second-order valence-electron chi connectivity index (χ2n) is 20.3. The average molecular weight is 1110 g/mol. The molecule has 0 spiro atoms. The van der Waals surface area contributed by atoms with Gasteiger partial charge in [0.05, 0.1) is 54.0 Å². The Kier molecular flexibility index (Phi) is 23.4. The molecule has 4 aromatic rings. The number of anilines is 2. The van der Waals surface area contributed by atoms with Crippen LogP contribution in [0.2, 0.25) is 10.0 Å². The predicted molar refractivity (Wildman–Crippen MR) is 302 cm³/mol. The van der Waals surface area contributed by atoms with Gasteiger partial charge < -0.3 is 59.5 Å². The summed E-state index contributed by atoms with van der Waals surface area (Å²) in [5, 5.41) is 23.7. The van der Waals surface area contributed by atoms with Gasteiger partial charge in [0.1, 0.15) is 0 Å². The molecule has 2 heterocycles. The Hall–Kier alpha value is -5.07. The van der Waals surface area contributed by atoms with Crippen molar-refractivity contribution in [3.05, 3.63) is 94.0 Å². The SMILES string of the molecule is COC[C@@H]1C[C@@H](N2CCC(Cc3ccc(Cl)cc3)CC2)[C@H](NC(=O)Nc2cc(OC)c(OC)c(OC)c2)C1.COc1cc(NC(=O)N[C@@H]2C[C@H](CO)C[C@H]2N2CCC(Cc3ccc(Cl)cc3)CC2)cc(OC)c1OC.Cl. The summed E-state index contributed by atoms with van der Waals surface area (Å²) in [4.78, 5) is 31.2. The first-order valence-corrected chi connectivity index (χ1v) is 26.9. The van der Waals surface area contributed by atoms with E-state index in [0.29, 0.717) is 70.2 Å². The molecule has 2 aliphatic carbocycles. The van der Waals surface area contributed by atoms with E-state index >= 15 is 0 Å². The molecule has 2 aliphatic heterocycles. The summed E-state index contributed by atoms with van der Waals surface area (Å²) >= 11 is 12.1. The number of nitrogens with one attached hydrogen (secondary N) is 4. The third-order valence-electron chi connectivity index (χ3n) is 15.5. The van der Waals surface area contributed by atoms with Crippen molar-refractivity contribution in [1.29, 1.82) is 0 Å². The van der Waals surface area contributed by atoms with Crippen molar-refractivity contribution in [1.82, 2.24) is 20.4 Å². The molecule has 8 rings (SSSR count). The molecular weight excluding hydrogens is 1040 g/mol. The van der Waals surface area contributed by atoms with Crippen LogP contribution in [0.5, 0.6) is 34.5 Å². The molecule has 4 aliphatic rings. The maximum atomic E-state index is 13.1. The van der Waals surface area contributed by atoms with E-state index in [1.165, 1.54) is 25.3 Å². The Labute approximate surface area is 465 Å². The van der Waals surface area contributed by atoms with Gasteiger partial charge >= 0.3 is 12.1 Å². The molecular formula is C57H79Cl3N6O10. The molecule has 2 saturated carbocycles. The van der Waals surface area contributed by atoms with Gasteiger partial charge in [-0.1, -0.05) is 47.5 Å². The smallest absolute Gasteiger partial charge is 0.319 e. The molecule has 0 aromatic heterocycles. The zero-order valence-electron chi connectivity index (χ0n) is 45.0. The summed E-state index contributed by atoms with van der Waals surface area (Å²) in [6, 6.07) is 23.2. The number of aliphatic hydroxyl groups is 1. The molecule has 16 nitrogen and oxygen atoms in total. The summed E-state index contributed by atoms with van der Waals surface area (Å²) in [7, 11) is 11.0. The normalized spacial score (nSPS) is 22.0. The molecule has 418 valence electrons. The van der Waals surface area contributed by atoms with Gasteiger partial charge in [-0.05, 0) is 149 Å². The Morgan fingerprint density at radius 3 is 1.21 bits per heavy atom. The number of likely N-dealkylation sites (tertiary alicyclic amines) is 2. The van der Waals surface area contributed by atoms with Crippen molar-refractivity contribution in [2.24, 2.45) is 23.7 Å². The van der Waals surface area contributed by atoms with Crippen molar-refractivity contribution in [2.45, 2.75) is 88.4 Å². The van der Waals surface area contributed by atoms with E-state index in [1.807, 2.05) is 24.3 Å². The minimum atomic E-state index is -0.291. The van der Waals surface area contributed by atoms with Gasteiger partial charge in [0.25, 0.3) is 0 Å². The summed E-state index contributed by atoms with van der Waals surface area (Å²) in [6.45, 7) is 4.90. The van der Waals surface area contributed by atoms with Crippen LogP contribution in [0.3, 0.4) is 0 Å². The summed E-state index contributed by atoms with van der Waals surface area (Å²) < 4.78 is 37.9. The first-order valence-electron chi connectivity index (χ1n) is 26.2. The fraction of sp³-hybridized carbons (Fsp3) is 0.544. The zero-order valence-corrected chi connectivity index (χ0v) is 47.4. The lowest BCUT2D eigenvalue weighted by Gasteiger charge is -2.38. The number of urea groups is 2. The van der Waals surface area contributed by atoms with Crippen LogP contribution in [0.1, 0.15) is 62.5 Å². The minimum absolute atomic E-state index is 0. The lowest BCUT2D eigenvalue weighted by molar-refractivity contribution is 0.111. The van der Waals surface area contributed by atoms with Crippen LogP contribution >= 0.6 is 35.6 Å². The number of hydrogen-bond acceptors (Lipinski definition) is 12. The van der Waals surface area contributed by atoms with E-state index < -0.39 is 0 Å². The Morgan fingerprint density at radius 2 is 0.882 bits per heavy atom. The number of nitrogens with zero attached hydrogens (tertiary/aromatic N) is 2. The molecule has 4 fully saturated rings. The highest BCUT2D eigenvalue weighted by Gasteiger charge is 2.41. The Bertz CT molecular complexity index is 2390. The highest BCUT2D eigenvalue weighted by Crippen LogP contribution is 2.42. The van der Waals surface area contributed by atoms with Crippen molar-refractivity contribution in [3.63, 3.8) is 0 Å². The number of halogens is 3. The van der Waals surface area contributed by atoms with Crippen LogP contribution in [0.4, 0.5) is 21.0 Å². The zero-order chi connectivity index (χ0) is 53.4. The first-order chi connectivity index (χ1) is 36.4. The summed E-state index contributed by atoms with van der Waals surface area (Å²) in [5.74, 6) is 4.78. The maximum Gasteiger partial charge on any atom is 0.319 e. The lowest BCUT2D eigenvalue weighted by atomic mass is 9.89. The molecule has 5 N–H and O–H groups in total. The molecule has 0 bridgehead atoms. The fourth-order valence-corrected chi connectivity index (χ4v) is 12.0. The third kappa shape index (κ3) is 16.2. The predicted octanol–water partition coefficient (Wildman–Crippen LogP) is 10.2. The minimum Gasteiger partial charge on any atom is -0.493 e. The molecule has 19 heteroatoms. The quantitative estimate of drug-likeness (QED) is 0.0603. The van der Waals surface area contributed by atoms with E-state index in [-0.39, 0.29) is 61.2 Å². The van der Waals surface area contributed by atoms with Gasteiger partial charge in [0.2, 0.25) is 11.5 Å². The number of ether oxygens (including phenoxy) is 7. The van der Waals surface area contributed by atoms with E-state index in [2.05, 4.69) is 55.3 Å². The van der Waals surface area contributed by atoms with Crippen LogP contribution in [-0.2, 0) is 17.6 Å². The van der Waals surface area contributed by atoms with E-state index in [0.717, 1.165) is 100 Å². The highest BCUT2D eigenvalue weighted by molar-refractivity contribution is 6.30. The summed E-state index contributed by atoms with van der Waals surface area (Å²) in [5.41, 5.74) is 3.79. The average Bonchev–Trinajstić information content (AvgIpc) is 4.02.